The van der Waals surface area contributed by atoms with Gasteiger partial charge in [-0.05, 0) is 12.1 Å². The number of halogens is 1. The fourth-order valence-corrected chi connectivity index (χ4v) is 1.66. The number of nitrogens with zero attached hydrogens (tertiary/aromatic N) is 3. The van der Waals surface area contributed by atoms with Crippen molar-refractivity contribution < 1.29 is 4.79 Å². The van der Waals surface area contributed by atoms with Gasteiger partial charge in [-0.15, -0.1) is 0 Å². The lowest BCUT2D eigenvalue weighted by Crippen LogP contribution is -2.26. The Kier molecular flexibility index (Phi) is 4.26. The van der Waals surface area contributed by atoms with Crippen LogP contribution in [-0.4, -0.2) is 32.6 Å². The van der Waals surface area contributed by atoms with Gasteiger partial charge in [-0.1, -0.05) is 11.6 Å². The number of anilines is 1. The van der Waals surface area contributed by atoms with Gasteiger partial charge >= 0.3 is 0 Å². The molecule has 19 heavy (non-hydrogen) atoms. The van der Waals surface area contributed by atoms with E-state index in [2.05, 4.69) is 30.9 Å². The van der Waals surface area contributed by atoms with E-state index in [0.717, 1.165) is 0 Å². The van der Waals surface area contributed by atoms with E-state index < -0.39 is 0 Å². The minimum Gasteiger partial charge on any atom is -0.352 e. The molecule has 0 saturated heterocycles. The highest BCUT2D eigenvalue weighted by Crippen LogP contribution is 2.13. The number of aromatic nitrogens is 4. The molecule has 2 rings (SSSR count). The maximum atomic E-state index is 11.9. The van der Waals surface area contributed by atoms with E-state index in [1.165, 1.54) is 18.5 Å². The summed E-state index contributed by atoms with van der Waals surface area (Å²) in [5.41, 5.74) is 2.72. The van der Waals surface area contributed by atoms with Crippen molar-refractivity contribution in [3.63, 3.8) is 0 Å². The van der Waals surface area contributed by atoms with Crippen molar-refractivity contribution in [1.82, 2.24) is 25.5 Å². The molecule has 0 unspecified atom stereocenters. The van der Waals surface area contributed by atoms with Crippen molar-refractivity contribution in [2.45, 2.75) is 6.42 Å². The van der Waals surface area contributed by atoms with Gasteiger partial charge in [-0.2, -0.15) is 5.10 Å². The molecule has 0 spiro atoms. The zero-order valence-corrected chi connectivity index (χ0v) is 10.6. The van der Waals surface area contributed by atoms with E-state index >= 15 is 0 Å². The van der Waals surface area contributed by atoms with Crippen molar-refractivity contribution in [1.29, 1.82) is 0 Å². The van der Waals surface area contributed by atoms with Gasteiger partial charge in [0.05, 0.1) is 0 Å². The lowest BCUT2D eigenvalue weighted by Gasteiger charge is -2.06. The van der Waals surface area contributed by atoms with E-state index in [1.807, 2.05) is 0 Å². The van der Waals surface area contributed by atoms with E-state index in [4.69, 9.17) is 17.4 Å². The minimum atomic E-state index is -0.264. The first-order valence-corrected chi connectivity index (χ1v) is 5.83. The number of nitrogen functional groups attached to an aromatic ring is 1. The summed E-state index contributed by atoms with van der Waals surface area (Å²) in [5.74, 6) is 6.00. The second-order valence-electron chi connectivity index (χ2n) is 3.65. The molecule has 0 fully saturated rings. The number of nitrogens with one attached hydrogen (secondary N) is 3. The Morgan fingerprint density at radius 2 is 2.32 bits per heavy atom. The van der Waals surface area contributed by atoms with Crippen LogP contribution >= 0.6 is 11.6 Å². The number of carbonyl (C=O) groups excluding carboxylic acids is 1. The average molecular weight is 282 g/mol. The molecule has 0 bridgehead atoms. The molecule has 8 nitrogen and oxygen atoms in total. The zero-order chi connectivity index (χ0) is 13.7. The molecule has 0 saturated carbocycles. The molecule has 1 amide bonds. The van der Waals surface area contributed by atoms with Crippen LogP contribution in [0.15, 0.2) is 18.5 Å². The van der Waals surface area contributed by atoms with Crippen molar-refractivity contribution >= 4 is 23.3 Å². The number of carbonyl (C=O) groups is 1. The van der Waals surface area contributed by atoms with Gasteiger partial charge in [-0.25, -0.2) is 15.8 Å². The summed E-state index contributed by atoms with van der Waals surface area (Å²) in [4.78, 5) is 19.7. The lowest BCUT2D eigenvalue weighted by molar-refractivity contribution is 0.0954. The normalized spacial score (nSPS) is 10.2. The Balaban J connectivity index is 1.94. The van der Waals surface area contributed by atoms with Crippen molar-refractivity contribution in [3.05, 3.63) is 35.0 Å². The topological polar surface area (TPSA) is 122 Å². The number of aromatic amines is 1. The number of nitrogens with two attached hydrogens (primary N) is 1. The second kappa shape index (κ2) is 6.12. The van der Waals surface area contributed by atoms with Gasteiger partial charge in [-0.3, -0.25) is 9.89 Å². The smallest absolute Gasteiger partial charge is 0.251 e. The molecule has 2 aromatic heterocycles. The molecule has 0 aliphatic carbocycles. The lowest BCUT2D eigenvalue weighted by atomic mass is 10.2. The number of H-pyrrole nitrogens is 1. The Labute approximate surface area is 113 Å². The van der Waals surface area contributed by atoms with Crippen LogP contribution in [0.5, 0.6) is 0 Å². The molecule has 5 N–H and O–H groups in total. The van der Waals surface area contributed by atoms with Crippen LogP contribution in [0.3, 0.4) is 0 Å². The predicted octanol–water partition coefficient (Wildman–Crippen LogP) is 0.111. The highest BCUT2D eigenvalue weighted by atomic mass is 35.5. The van der Waals surface area contributed by atoms with Crippen LogP contribution < -0.4 is 16.6 Å². The summed E-state index contributed by atoms with van der Waals surface area (Å²) in [6.45, 7) is 0.430. The highest BCUT2D eigenvalue weighted by molar-refractivity contribution is 6.29. The van der Waals surface area contributed by atoms with Gasteiger partial charge in [0.1, 0.15) is 23.1 Å². The number of pyridine rings is 1. The Morgan fingerprint density at radius 1 is 1.47 bits per heavy atom. The molecular weight excluding hydrogens is 270 g/mol. The van der Waals surface area contributed by atoms with Crippen LogP contribution in [0.1, 0.15) is 16.2 Å². The van der Waals surface area contributed by atoms with Crippen molar-refractivity contribution in [2.24, 2.45) is 5.84 Å². The van der Waals surface area contributed by atoms with Crippen LogP contribution in [0.4, 0.5) is 5.82 Å². The standard InChI is InChI=1S/C10H12ClN7O/c11-7-3-6(4-9(16-7)17-12)10(19)13-2-1-8-14-5-15-18-8/h3-5H,1-2,12H2,(H,13,19)(H,16,17)(H,14,15,18). The quantitative estimate of drug-likeness (QED) is 0.351. The summed E-state index contributed by atoms with van der Waals surface area (Å²) in [6.07, 6.45) is 1.98. The van der Waals surface area contributed by atoms with Crippen LogP contribution in [-0.2, 0) is 6.42 Å². The fraction of sp³-hybridized carbons (Fsp3) is 0.200. The van der Waals surface area contributed by atoms with Crippen LogP contribution in [0.2, 0.25) is 5.15 Å². The second-order valence-corrected chi connectivity index (χ2v) is 4.03. The van der Waals surface area contributed by atoms with E-state index in [0.29, 0.717) is 30.2 Å². The number of amides is 1. The molecular formula is C10H12ClN7O. The zero-order valence-electron chi connectivity index (χ0n) is 9.85. The van der Waals surface area contributed by atoms with Gasteiger partial charge in [0, 0.05) is 18.5 Å². The molecule has 2 heterocycles. The first-order valence-electron chi connectivity index (χ1n) is 5.45. The van der Waals surface area contributed by atoms with E-state index in [-0.39, 0.29) is 11.1 Å². The van der Waals surface area contributed by atoms with Crippen molar-refractivity contribution in [2.75, 3.05) is 12.0 Å². The largest absolute Gasteiger partial charge is 0.352 e. The molecule has 0 aliphatic rings. The third-order valence-electron chi connectivity index (χ3n) is 2.32. The summed E-state index contributed by atoms with van der Waals surface area (Å²) in [5, 5.41) is 9.35. The monoisotopic (exact) mass is 281 g/mol. The predicted molar refractivity (Wildman–Crippen MR) is 69.5 cm³/mol. The molecule has 0 atom stereocenters. The number of rotatable bonds is 5. The van der Waals surface area contributed by atoms with Gasteiger partial charge in [0.2, 0.25) is 0 Å². The van der Waals surface area contributed by atoms with Gasteiger partial charge in [0.15, 0.2) is 0 Å². The average Bonchev–Trinajstić information content (AvgIpc) is 2.91. The van der Waals surface area contributed by atoms with Crippen LogP contribution in [0.25, 0.3) is 0 Å². The summed E-state index contributed by atoms with van der Waals surface area (Å²) in [6, 6.07) is 2.97. The Morgan fingerprint density at radius 3 is 3.00 bits per heavy atom. The third kappa shape index (κ3) is 3.63. The maximum Gasteiger partial charge on any atom is 0.251 e. The first kappa shape index (κ1) is 13.2. The molecule has 0 aliphatic heterocycles. The number of hydrogen-bond acceptors (Lipinski definition) is 6. The third-order valence-corrected chi connectivity index (χ3v) is 2.51. The molecule has 9 heteroatoms. The van der Waals surface area contributed by atoms with E-state index in [9.17, 15) is 4.79 Å². The van der Waals surface area contributed by atoms with Gasteiger partial charge < -0.3 is 10.7 Å². The Bertz CT molecular complexity index is 557. The maximum absolute atomic E-state index is 11.9. The number of hydrazine groups is 1. The number of hydrogen-bond donors (Lipinski definition) is 4. The summed E-state index contributed by atoms with van der Waals surface area (Å²) < 4.78 is 0. The highest BCUT2D eigenvalue weighted by Gasteiger charge is 2.08. The summed E-state index contributed by atoms with van der Waals surface area (Å²) >= 11 is 5.78. The van der Waals surface area contributed by atoms with Crippen molar-refractivity contribution in [3.8, 4) is 0 Å². The fourth-order valence-electron chi connectivity index (χ4n) is 1.45. The Hall–Kier alpha value is -2.19. The summed E-state index contributed by atoms with van der Waals surface area (Å²) in [7, 11) is 0. The minimum absolute atomic E-state index is 0.191. The van der Waals surface area contributed by atoms with Gasteiger partial charge in [0.25, 0.3) is 5.91 Å². The van der Waals surface area contributed by atoms with E-state index in [1.54, 1.807) is 0 Å². The SMILES string of the molecule is NNc1cc(C(=O)NCCc2ncn[nH]2)cc(Cl)n1. The molecule has 0 radical (unpaired) electrons. The molecule has 2 aromatic rings. The van der Waals surface area contributed by atoms with Crippen LogP contribution in [0, 0.1) is 0 Å². The molecule has 0 aromatic carbocycles. The molecule has 100 valence electrons. The first-order chi connectivity index (χ1) is 9.19.